The van der Waals surface area contributed by atoms with E-state index in [9.17, 15) is 9.59 Å². The monoisotopic (exact) mass is 464 g/mol. The number of H-pyrrole nitrogens is 2. The summed E-state index contributed by atoms with van der Waals surface area (Å²) in [7, 11) is 1.61. The van der Waals surface area contributed by atoms with Crippen molar-refractivity contribution >= 4 is 40.1 Å². The van der Waals surface area contributed by atoms with Crippen LogP contribution < -0.4 is 15.6 Å². The fraction of sp³-hybridized carbons (Fsp3) is 0.320. The van der Waals surface area contributed by atoms with E-state index in [-0.39, 0.29) is 11.5 Å². The van der Waals surface area contributed by atoms with Crippen molar-refractivity contribution in [3.63, 3.8) is 0 Å². The number of aromatic nitrogens is 3. The maximum absolute atomic E-state index is 13.0. The number of carbonyl (C=O) groups is 1. The molecule has 33 heavy (non-hydrogen) atoms. The molecule has 8 heteroatoms. The van der Waals surface area contributed by atoms with Crippen LogP contribution in [0, 0.1) is 11.7 Å². The lowest BCUT2D eigenvalue weighted by atomic mass is 10.1. The first-order chi connectivity index (χ1) is 16.0. The summed E-state index contributed by atoms with van der Waals surface area (Å²) in [5.41, 5.74) is 4.20. The van der Waals surface area contributed by atoms with Gasteiger partial charge in [0.25, 0.3) is 5.56 Å². The zero-order valence-corrected chi connectivity index (χ0v) is 19.7. The average molecular weight is 465 g/mol. The number of carbonyl (C=O) groups excluding carboxylic acids is 1. The summed E-state index contributed by atoms with van der Waals surface area (Å²) in [5, 5.41) is 3.83. The largest absolute Gasteiger partial charge is 0.497 e. The van der Waals surface area contributed by atoms with Crippen LogP contribution in [0.2, 0.25) is 0 Å². The van der Waals surface area contributed by atoms with Gasteiger partial charge in [0.05, 0.1) is 12.6 Å². The lowest BCUT2D eigenvalue weighted by molar-refractivity contribution is -0.121. The van der Waals surface area contributed by atoms with Crippen LogP contribution in [-0.4, -0.2) is 27.6 Å². The highest BCUT2D eigenvalue weighted by Gasteiger charge is 2.12. The lowest BCUT2D eigenvalue weighted by Crippen LogP contribution is -2.23. The van der Waals surface area contributed by atoms with Gasteiger partial charge in [-0.05, 0) is 55.7 Å². The molecule has 2 aromatic carbocycles. The van der Waals surface area contributed by atoms with E-state index in [1.807, 2.05) is 49.4 Å². The quantitative estimate of drug-likeness (QED) is 0.247. The van der Waals surface area contributed by atoms with Gasteiger partial charge in [0.1, 0.15) is 11.3 Å². The molecule has 0 radical (unpaired) electrons. The minimum absolute atomic E-state index is 0.0416. The fourth-order valence-corrected chi connectivity index (χ4v) is 4.20. The van der Waals surface area contributed by atoms with Crippen molar-refractivity contribution < 1.29 is 9.53 Å². The lowest BCUT2D eigenvalue weighted by Gasteiger charge is -2.08. The molecule has 4 aromatic rings. The Kier molecular flexibility index (Phi) is 6.93. The summed E-state index contributed by atoms with van der Waals surface area (Å²) in [6, 6.07) is 13.7. The minimum Gasteiger partial charge on any atom is -0.497 e. The Balaban J connectivity index is 1.32. The molecule has 2 heterocycles. The van der Waals surface area contributed by atoms with Crippen LogP contribution in [0.4, 0.5) is 0 Å². The summed E-state index contributed by atoms with van der Waals surface area (Å²) >= 11 is 5.46. The number of nitrogens with one attached hydrogen (secondary N) is 3. The number of aromatic amines is 2. The standard InChI is InChI=1S/C25H28N4O3S/c1-16-7-9-17(10-8-16)15-26-21(30)6-4-3-5-13-29-24(31)23-22(28-25(29)33)19-14-18(32-2)11-12-20(19)27-23/h7-12,14,27H,3-6,13,15H2,1-2H3,(H,26,30)(H,28,33). The minimum atomic E-state index is -0.139. The maximum atomic E-state index is 13.0. The van der Waals surface area contributed by atoms with Crippen LogP contribution in [0.3, 0.4) is 0 Å². The van der Waals surface area contributed by atoms with Crippen molar-refractivity contribution in [2.24, 2.45) is 0 Å². The van der Waals surface area contributed by atoms with Gasteiger partial charge >= 0.3 is 0 Å². The van der Waals surface area contributed by atoms with E-state index in [0.717, 1.165) is 41.5 Å². The number of fused-ring (bicyclic) bond motifs is 3. The third-order valence-electron chi connectivity index (χ3n) is 5.84. The molecule has 4 rings (SSSR count). The van der Waals surface area contributed by atoms with Crippen LogP contribution in [0.1, 0.15) is 36.8 Å². The molecule has 172 valence electrons. The summed E-state index contributed by atoms with van der Waals surface area (Å²) < 4.78 is 7.27. The first-order valence-electron chi connectivity index (χ1n) is 11.1. The predicted octanol–water partition coefficient (Wildman–Crippen LogP) is 4.73. The van der Waals surface area contributed by atoms with E-state index in [0.29, 0.717) is 35.3 Å². The molecule has 0 fully saturated rings. The highest BCUT2D eigenvalue weighted by molar-refractivity contribution is 7.71. The van der Waals surface area contributed by atoms with Crippen molar-refractivity contribution in [2.75, 3.05) is 7.11 Å². The van der Waals surface area contributed by atoms with Crippen molar-refractivity contribution in [1.82, 2.24) is 19.9 Å². The zero-order valence-electron chi connectivity index (χ0n) is 18.9. The summed E-state index contributed by atoms with van der Waals surface area (Å²) in [4.78, 5) is 31.5. The molecule has 0 aliphatic carbocycles. The first kappa shape index (κ1) is 22.8. The van der Waals surface area contributed by atoms with Gasteiger partial charge in [0.15, 0.2) is 4.77 Å². The number of ether oxygens (including phenoxy) is 1. The number of methoxy groups -OCH3 is 1. The highest BCUT2D eigenvalue weighted by atomic mass is 32.1. The molecule has 0 unspecified atom stereocenters. The highest BCUT2D eigenvalue weighted by Crippen LogP contribution is 2.25. The molecule has 2 aromatic heterocycles. The topological polar surface area (TPSA) is 91.9 Å². The van der Waals surface area contributed by atoms with Gasteiger partial charge in [-0.1, -0.05) is 36.2 Å². The molecule has 1 amide bonds. The summed E-state index contributed by atoms with van der Waals surface area (Å²) in [6.45, 7) is 3.09. The normalized spacial score (nSPS) is 11.2. The molecule has 0 atom stereocenters. The van der Waals surface area contributed by atoms with Gasteiger partial charge in [-0.15, -0.1) is 0 Å². The number of amides is 1. The molecule has 0 aliphatic rings. The second-order valence-electron chi connectivity index (χ2n) is 8.25. The number of nitrogens with zero attached hydrogens (tertiary/aromatic N) is 1. The van der Waals surface area contributed by atoms with E-state index < -0.39 is 0 Å². The van der Waals surface area contributed by atoms with E-state index in [2.05, 4.69) is 15.3 Å². The first-order valence-corrected chi connectivity index (χ1v) is 11.5. The second kappa shape index (κ2) is 10.0. The van der Waals surface area contributed by atoms with E-state index in [4.69, 9.17) is 17.0 Å². The van der Waals surface area contributed by atoms with Crippen molar-refractivity contribution in [1.29, 1.82) is 0 Å². The molecular formula is C25H28N4O3S. The van der Waals surface area contributed by atoms with E-state index in [1.165, 1.54) is 5.56 Å². The average Bonchev–Trinajstić information content (AvgIpc) is 3.18. The predicted molar refractivity (Wildman–Crippen MR) is 133 cm³/mol. The molecule has 7 nitrogen and oxygen atoms in total. The number of benzene rings is 2. The Bertz CT molecular complexity index is 1400. The van der Waals surface area contributed by atoms with E-state index in [1.54, 1.807) is 11.7 Å². The number of unbranched alkanes of at least 4 members (excludes halogenated alkanes) is 2. The van der Waals surface area contributed by atoms with Crippen LogP contribution in [-0.2, 0) is 17.9 Å². The molecule has 3 N–H and O–H groups in total. The Labute approximate surface area is 196 Å². The molecular weight excluding hydrogens is 436 g/mol. The number of rotatable bonds is 9. The van der Waals surface area contributed by atoms with Gasteiger partial charge in [-0.3, -0.25) is 14.2 Å². The Morgan fingerprint density at radius 3 is 2.61 bits per heavy atom. The molecule has 0 saturated carbocycles. The maximum Gasteiger partial charge on any atom is 0.278 e. The van der Waals surface area contributed by atoms with Crippen LogP contribution in [0.15, 0.2) is 47.3 Å². The summed E-state index contributed by atoms with van der Waals surface area (Å²) in [5.74, 6) is 0.759. The fourth-order valence-electron chi connectivity index (χ4n) is 3.92. The number of aryl methyl sites for hydroxylation is 1. The van der Waals surface area contributed by atoms with Gasteiger partial charge in [-0.25, -0.2) is 0 Å². The Hall–Kier alpha value is -3.39. The van der Waals surface area contributed by atoms with Crippen molar-refractivity contribution in [3.05, 3.63) is 68.7 Å². The number of hydrogen-bond donors (Lipinski definition) is 3. The third kappa shape index (κ3) is 5.17. The molecule has 0 spiro atoms. The zero-order chi connectivity index (χ0) is 23.4. The summed E-state index contributed by atoms with van der Waals surface area (Å²) in [6.07, 6.45) is 2.83. The SMILES string of the molecule is COc1ccc2[nH]c3c(=O)n(CCCCCC(=O)NCc4ccc(C)cc4)c(=S)[nH]c3c2c1. The van der Waals surface area contributed by atoms with Crippen LogP contribution >= 0.6 is 12.2 Å². The van der Waals surface area contributed by atoms with Crippen LogP contribution in [0.5, 0.6) is 5.75 Å². The molecule has 0 aliphatic heterocycles. The van der Waals surface area contributed by atoms with Gasteiger partial charge < -0.3 is 20.0 Å². The Morgan fingerprint density at radius 2 is 1.85 bits per heavy atom. The smallest absolute Gasteiger partial charge is 0.278 e. The third-order valence-corrected chi connectivity index (χ3v) is 6.16. The van der Waals surface area contributed by atoms with Crippen LogP contribution in [0.25, 0.3) is 21.9 Å². The van der Waals surface area contributed by atoms with Gasteiger partial charge in [0, 0.05) is 30.4 Å². The van der Waals surface area contributed by atoms with Crippen molar-refractivity contribution in [3.8, 4) is 5.75 Å². The van der Waals surface area contributed by atoms with Crippen molar-refractivity contribution in [2.45, 2.75) is 45.7 Å². The second-order valence-corrected chi connectivity index (χ2v) is 8.63. The Morgan fingerprint density at radius 1 is 1.06 bits per heavy atom. The van der Waals surface area contributed by atoms with E-state index >= 15 is 0 Å². The van der Waals surface area contributed by atoms with Gasteiger partial charge in [-0.2, -0.15) is 0 Å². The number of hydrogen-bond acceptors (Lipinski definition) is 4. The molecule has 0 saturated heterocycles. The van der Waals surface area contributed by atoms with Gasteiger partial charge in [0.2, 0.25) is 5.91 Å². The molecule has 0 bridgehead atoms.